The minimum atomic E-state index is -0.570. The number of hydrogen-bond donors (Lipinski definition) is 1. The van der Waals surface area contributed by atoms with Gasteiger partial charge in [-0.3, -0.25) is 4.79 Å². The third kappa shape index (κ3) is 4.01. The SMILES string of the molecule is COc1ccccc1[C@@H](C)NC(=O)[C@@H](C)Oc1ccccc1. The normalized spacial score (nSPS) is 13.0. The Kier molecular flexibility index (Phi) is 5.42. The molecule has 0 aliphatic heterocycles. The summed E-state index contributed by atoms with van der Waals surface area (Å²) >= 11 is 0. The Hall–Kier alpha value is -2.49. The Bertz CT molecular complexity index is 613. The maximum atomic E-state index is 12.3. The van der Waals surface area contributed by atoms with E-state index in [1.165, 1.54) is 0 Å². The highest BCUT2D eigenvalue weighted by Crippen LogP contribution is 2.24. The molecule has 0 spiro atoms. The van der Waals surface area contributed by atoms with Gasteiger partial charge in [-0.15, -0.1) is 0 Å². The van der Waals surface area contributed by atoms with Gasteiger partial charge in [-0.2, -0.15) is 0 Å². The van der Waals surface area contributed by atoms with Gasteiger partial charge >= 0.3 is 0 Å². The van der Waals surface area contributed by atoms with Crippen molar-refractivity contribution in [3.05, 3.63) is 60.2 Å². The maximum absolute atomic E-state index is 12.3. The second kappa shape index (κ2) is 7.50. The average molecular weight is 299 g/mol. The number of hydrogen-bond acceptors (Lipinski definition) is 3. The van der Waals surface area contributed by atoms with E-state index < -0.39 is 6.10 Å². The van der Waals surface area contributed by atoms with Crippen LogP contribution in [0, 0.1) is 0 Å². The highest BCUT2D eigenvalue weighted by atomic mass is 16.5. The predicted octanol–water partition coefficient (Wildman–Crippen LogP) is 3.34. The van der Waals surface area contributed by atoms with Crippen LogP contribution >= 0.6 is 0 Å². The van der Waals surface area contributed by atoms with Crippen LogP contribution in [0.3, 0.4) is 0 Å². The van der Waals surface area contributed by atoms with Crippen LogP contribution < -0.4 is 14.8 Å². The molecule has 1 N–H and O–H groups in total. The molecule has 2 rings (SSSR count). The van der Waals surface area contributed by atoms with Gasteiger partial charge in [0.05, 0.1) is 13.2 Å². The lowest BCUT2D eigenvalue weighted by molar-refractivity contribution is -0.127. The van der Waals surface area contributed by atoms with Crippen LogP contribution in [-0.4, -0.2) is 19.1 Å². The number of nitrogens with one attached hydrogen (secondary N) is 1. The van der Waals surface area contributed by atoms with Crippen LogP contribution in [0.4, 0.5) is 0 Å². The Balaban J connectivity index is 1.98. The molecule has 0 bridgehead atoms. The number of benzene rings is 2. The first-order valence-electron chi connectivity index (χ1n) is 7.27. The second-order valence-corrected chi connectivity index (χ2v) is 5.05. The summed E-state index contributed by atoms with van der Waals surface area (Å²) in [5.74, 6) is 1.27. The van der Waals surface area contributed by atoms with Crippen molar-refractivity contribution in [1.82, 2.24) is 5.32 Å². The highest BCUT2D eigenvalue weighted by Gasteiger charge is 2.19. The van der Waals surface area contributed by atoms with Gasteiger partial charge in [-0.1, -0.05) is 36.4 Å². The summed E-state index contributed by atoms with van der Waals surface area (Å²) in [7, 11) is 1.62. The quantitative estimate of drug-likeness (QED) is 0.890. The zero-order valence-corrected chi connectivity index (χ0v) is 13.1. The number of para-hydroxylation sites is 2. The van der Waals surface area contributed by atoms with Gasteiger partial charge in [-0.25, -0.2) is 0 Å². The lowest BCUT2D eigenvalue weighted by atomic mass is 10.1. The van der Waals surface area contributed by atoms with Crippen molar-refractivity contribution in [3.63, 3.8) is 0 Å². The smallest absolute Gasteiger partial charge is 0.261 e. The van der Waals surface area contributed by atoms with E-state index in [1.807, 2.05) is 61.5 Å². The van der Waals surface area contributed by atoms with Crippen molar-refractivity contribution >= 4 is 5.91 Å². The molecule has 0 aliphatic carbocycles. The van der Waals surface area contributed by atoms with Gasteiger partial charge < -0.3 is 14.8 Å². The summed E-state index contributed by atoms with van der Waals surface area (Å²) in [4.78, 5) is 12.3. The minimum Gasteiger partial charge on any atom is -0.496 e. The van der Waals surface area contributed by atoms with E-state index in [9.17, 15) is 4.79 Å². The van der Waals surface area contributed by atoms with Gasteiger partial charge in [-0.05, 0) is 32.0 Å². The molecule has 1 amide bonds. The Morgan fingerprint density at radius 2 is 1.64 bits per heavy atom. The van der Waals surface area contributed by atoms with Gasteiger partial charge in [0.15, 0.2) is 6.10 Å². The monoisotopic (exact) mass is 299 g/mol. The van der Waals surface area contributed by atoms with Crippen LogP contribution in [0.25, 0.3) is 0 Å². The van der Waals surface area contributed by atoms with E-state index >= 15 is 0 Å². The number of rotatable bonds is 6. The molecule has 2 aromatic rings. The third-order valence-electron chi connectivity index (χ3n) is 3.39. The van der Waals surface area contributed by atoms with Gasteiger partial charge in [0, 0.05) is 5.56 Å². The first kappa shape index (κ1) is 15.9. The van der Waals surface area contributed by atoms with Crippen molar-refractivity contribution < 1.29 is 14.3 Å². The molecule has 0 saturated heterocycles. The van der Waals surface area contributed by atoms with E-state index in [4.69, 9.17) is 9.47 Å². The van der Waals surface area contributed by atoms with Crippen molar-refractivity contribution in [2.75, 3.05) is 7.11 Å². The summed E-state index contributed by atoms with van der Waals surface area (Å²) in [6.07, 6.45) is -0.570. The molecule has 0 aliphatic rings. The molecule has 22 heavy (non-hydrogen) atoms. The molecule has 4 nitrogen and oxygen atoms in total. The third-order valence-corrected chi connectivity index (χ3v) is 3.39. The Labute approximate surface area is 131 Å². The summed E-state index contributed by atoms with van der Waals surface area (Å²) in [5.41, 5.74) is 0.935. The lowest BCUT2D eigenvalue weighted by Gasteiger charge is -2.20. The second-order valence-electron chi connectivity index (χ2n) is 5.05. The van der Waals surface area contributed by atoms with E-state index in [1.54, 1.807) is 14.0 Å². The maximum Gasteiger partial charge on any atom is 0.261 e. The molecule has 0 fully saturated rings. The number of carbonyl (C=O) groups excluding carboxylic acids is 1. The van der Waals surface area contributed by atoms with Crippen molar-refractivity contribution in [2.24, 2.45) is 0 Å². The molecule has 0 heterocycles. The topological polar surface area (TPSA) is 47.6 Å². The van der Waals surface area contributed by atoms with Crippen LogP contribution in [0.5, 0.6) is 11.5 Å². The number of methoxy groups -OCH3 is 1. The summed E-state index contributed by atoms with van der Waals surface area (Å²) in [5, 5.41) is 2.95. The summed E-state index contributed by atoms with van der Waals surface area (Å²) in [6, 6.07) is 16.8. The summed E-state index contributed by atoms with van der Waals surface area (Å²) in [6.45, 7) is 3.66. The molecule has 0 saturated carbocycles. The minimum absolute atomic E-state index is 0.162. The molecule has 116 valence electrons. The van der Waals surface area contributed by atoms with Crippen LogP contribution in [-0.2, 0) is 4.79 Å². The first-order chi connectivity index (χ1) is 10.6. The molecule has 2 aromatic carbocycles. The van der Waals surface area contributed by atoms with Crippen LogP contribution in [0.2, 0.25) is 0 Å². The lowest BCUT2D eigenvalue weighted by Crippen LogP contribution is -2.37. The first-order valence-corrected chi connectivity index (χ1v) is 7.27. The predicted molar refractivity (Wildman–Crippen MR) is 86.1 cm³/mol. The Morgan fingerprint density at radius 1 is 1.00 bits per heavy atom. The van der Waals surface area contributed by atoms with Crippen LogP contribution in [0.15, 0.2) is 54.6 Å². The van der Waals surface area contributed by atoms with Gasteiger partial charge in [0.25, 0.3) is 5.91 Å². The van der Waals surface area contributed by atoms with Gasteiger partial charge in [0.1, 0.15) is 11.5 Å². The summed E-state index contributed by atoms with van der Waals surface area (Å²) < 4.78 is 10.9. The number of amides is 1. The van der Waals surface area contributed by atoms with Gasteiger partial charge in [0.2, 0.25) is 0 Å². The zero-order valence-electron chi connectivity index (χ0n) is 13.1. The van der Waals surface area contributed by atoms with E-state index in [2.05, 4.69) is 5.32 Å². The zero-order chi connectivity index (χ0) is 15.9. The molecule has 0 radical (unpaired) electrons. The number of carbonyl (C=O) groups is 1. The molecule has 2 atom stereocenters. The van der Waals surface area contributed by atoms with Crippen LogP contribution in [0.1, 0.15) is 25.5 Å². The van der Waals surface area contributed by atoms with E-state index in [0.717, 1.165) is 11.3 Å². The fourth-order valence-corrected chi connectivity index (χ4v) is 2.19. The van der Waals surface area contributed by atoms with Crippen molar-refractivity contribution in [2.45, 2.75) is 26.0 Å². The molecular formula is C18H21NO3. The molecular weight excluding hydrogens is 278 g/mol. The van der Waals surface area contributed by atoms with E-state index in [-0.39, 0.29) is 11.9 Å². The van der Waals surface area contributed by atoms with Crippen molar-refractivity contribution in [3.8, 4) is 11.5 Å². The Morgan fingerprint density at radius 3 is 2.32 bits per heavy atom. The van der Waals surface area contributed by atoms with E-state index in [0.29, 0.717) is 5.75 Å². The fourth-order valence-electron chi connectivity index (χ4n) is 2.19. The molecule has 0 aromatic heterocycles. The number of ether oxygens (including phenoxy) is 2. The highest BCUT2D eigenvalue weighted by molar-refractivity contribution is 5.81. The largest absolute Gasteiger partial charge is 0.496 e. The average Bonchev–Trinajstić information content (AvgIpc) is 2.55. The molecule has 0 unspecified atom stereocenters. The standard InChI is InChI=1S/C18H21NO3/c1-13(16-11-7-8-12-17(16)21-3)19-18(20)14(2)22-15-9-5-4-6-10-15/h4-14H,1-3H3,(H,19,20)/t13-,14-/m1/s1. The fraction of sp³-hybridized carbons (Fsp3) is 0.278. The molecule has 4 heteroatoms. The van der Waals surface area contributed by atoms with Crippen molar-refractivity contribution in [1.29, 1.82) is 0 Å².